The summed E-state index contributed by atoms with van der Waals surface area (Å²) in [4.78, 5) is 10.9. The topological polar surface area (TPSA) is 43.1 Å². The number of primary amides is 1. The van der Waals surface area contributed by atoms with Gasteiger partial charge in [0, 0.05) is 4.88 Å². The molecule has 0 saturated heterocycles. The van der Waals surface area contributed by atoms with Crippen LogP contribution in [-0.4, -0.2) is 5.91 Å². The fourth-order valence-electron chi connectivity index (χ4n) is 0.361. The molecule has 60 valence electrons. The Morgan fingerprint density at radius 1 is 1.82 bits per heavy atom. The van der Waals surface area contributed by atoms with Crippen LogP contribution in [0.5, 0.6) is 0 Å². The normalized spacial score (nSPS) is 7.73. The van der Waals surface area contributed by atoms with Crippen LogP contribution in [0.15, 0.2) is 30.2 Å². The summed E-state index contributed by atoms with van der Waals surface area (Å²) in [5, 5.41) is 2.08. The molecule has 0 saturated carbocycles. The van der Waals surface area contributed by atoms with Gasteiger partial charge in [0.1, 0.15) is 0 Å². The molecule has 0 aliphatic rings. The SMILES string of the molecule is C=CC(N)=O.Cc1cccs1. The average Bonchev–Trinajstić information content (AvgIpc) is 2.41. The first-order chi connectivity index (χ1) is 5.16. The third-order valence-electron chi connectivity index (χ3n) is 0.865. The molecule has 0 aromatic carbocycles. The van der Waals surface area contributed by atoms with E-state index in [9.17, 15) is 4.79 Å². The van der Waals surface area contributed by atoms with Crippen molar-refractivity contribution in [1.82, 2.24) is 0 Å². The van der Waals surface area contributed by atoms with Crippen LogP contribution in [0.1, 0.15) is 4.88 Å². The van der Waals surface area contributed by atoms with Gasteiger partial charge in [-0.2, -0.15) is 0 Å². The highest BCUT2D eigenvalue weighted by Crippen LogP contribution is 2.03. The highest BCUT2D eigenvalue weighted by atomic mass is 32.1. The summed E-state index contributed by atoms with van der Waals surface area (Å²) in [5.41, 5.74) is 4.53. The molecule has 0 spiro atoms. The number of amides is 1. The lowest BCUT2D eigenvalue weighted by Crippen LogP contribution is -2.04. The Morgan fingerprint density at radius 3 is 2.45 bits per heavy atom. The highest BCUT2D eigenvalue weighted by Gasteiger charge is 1.74. The molecule has 0 bridgehead atoms. The van der Waals surface area contributed by atoms with Crippen molar-refractivity contribution >= 4 is 17.2 Å². The largest absolute Gasteiger partial charge is 0.366 e. The van der Waals surface area contributed by atoms with E-state index in [4.69, 9.17) is 0 Å². The Kier molecular flexibility index (Phi) is 5.11. The molecule has 1 aromatic rings. The van der Waals surface area contributed by atoms with Gasteiger partial charge in [-0.05, 0) is 24.4 Å². The van der Waals surface area contributed by atoms with Crippen molar-refractivity contribution in [2.75, 3.05) is 0 Å². The standard InChI is InChI=1S/C5H6S.C3H5NO/c1-5-3-2-4-6-5;1-2-3(4)5/h2-4H,1H3;2H,1H2,(H2,4,5). The summed E-state index contributed by atoms with van der Waals surface area (Å²) in [5.74, 6) is -0.481. The molecule has 3 heteroatoms. The van der Waals surface area contributed by atoms with Gasteiger partial charge < -0.3 is 5.73 Å². The fourth-order valence-corrected chi connectivity index (χ4v) is 0.890. The Balaban J connectivity index is 0.000000187. The number of rotatable bonds is 1. The maximum absolute atomic E-state index is 9.47. The molecule has 2 N–H and O–H groups in total. The molecular formula is C8H11NOS. The number of nitrogens with two attached hydrogens (primary N) is 1. The van der Waals surface area contributed by atoms with Crippen molar-refractivity contribution < 1.29 is 4.79 Å². The minimum Gasteiger partial charge on any atom is -0.366 e. The van der Waals surface area contributed by atoms with E-state index in [2.05, 4.69) is 36.7 Å². The van der Waals surface area contributed by atoms with E-state index in [1.54, 1.807) is 11.3 Å². The van der Waals surface area contributed by atoms with Crippen LogP contribution in [-0.2, 0) is 4.79 Å². The molecule has 0 aliphatic heterocycles. The molecule has 0 unspecified atom stereocenters. The molecule has 1 amide bonds. The summed E-state index contributed by atoms with van der Waals surface area (Å²) in [6.45, 7) is 5.19. The lowest BCUT2D eigenvalue weighted by atomic mass is 10.5. The zero-order chi connectivity index (χ0) is 8.69. The molecule has 1 heterocycles. The molecule has 0 atom stereocenters. The molecule has 1 aromatic heterocycles. The van der Waals surface area contributed by atoms with E-state index >= 15 is 0 Å². The van der Waals surface area contributed by atoms with Crippen LogP contribution in [0.25, 0.3) is 0 Å². The summed E-state index contributed by atoms with van der Waals surface area (Å²) < 4.78 is 0. The second kappa shape index (κ2) is 5.68. The lowest BCUT2D eigenvalue weighted by Gasteiger charge is -1.65. The van der Waals surface area contributed by atoms with Crippen LogP contribution in [0.3, 0.4) is 0 Å². The second-order valence-electron chi connectivity index (χ2n) is 1.83. The van der Waals surface area contributed by atoms with Crippen molar-refractivity contribution in [3.63, 3.8) is 0 Å². The predicted molar refractivity (Wildman–Crippen MR) is 48.4 cm³/mol. The van der Waals surface area contributed by atoms with Crippen LogP contribution in [0, 0.1) is 6.92 Å². The third kappa shape index (κ3) is 6.80. The summed E-state index contributed by atoms with van der Waals surface area (Å²) in [7, 11) is 0. The van der Waals surface area contributed by atoms with Crippen LogP contribution >= 0.6 is 11.3 Å². The van der Waals surface area contributed by atoms with Crippen molar-refractivity contribution in [2.24, 2.45) is 5.73 Å². The first kappa shape index (κ1) is 9.91. The van der Waals surface area contributed by atoms with Crippen LogP contribution in [0.4, 0.5) is 0 Å². The molecule has 11 heavy (non-hydrogen) atoms. The Labute approximate surface area is 70.3 Å². The lowest BCUT2D eigenvalue weighted by molar-refractivity contribution is -0.113. The van der Waals surface area contributed by atoms with Gasteiger partial charge in [0.25, 0.3) is 0 Å². The van der Waals surface area contributed by atoms with Crippen LogP contribution in [0.2, 0.25) is 0 Å². The quantitative estimate of drug-likeness (QED) is 0.639. The third-order valence-corrected chi connectivity index (χ3v) is 1.67. The summed E-state index contributed by atoms with van der Waals surface area (Å²) in [6, 6.07) is 4.16. The zero-order valence-electron chi connectivity index (χ0n) is 6.41. The number of hydrogen-bond acceptors (Lipinski definition) is 2. The number of carbonyl (C=O) groups is 1. The molecular weight excluding hydrogens is 158 g/mol. The molecule has 1 rings (SSSR count). The fraction of sp³-hybridized carbons (Fsp3) is 0.125. The van der Waals surface area contributed by atoms with E-state index in [0.717, 1.165) is 6.08 Å². The Morgan fingerprint density at radius 2 is 2.36 bits per heavy atom. The van der Waals surface area contributed by atoms with Crippen molar-refractivity contribution in [3.8, 4) is 0 Å². The molecule has 0 aliphatic carbocycles. The van der Waals surface area contributed by atoms with Crippen LogP contribution < -0.4 is 5.73 Å². The number of hydrogen-bond donors (Lipinski definition) is 1. The maximum atomic E-state index is 9.47. The van der Waals surface area contributed by atoms with Gasteiger partial charge in [0.2, 0.25) is 5.91 Å². The number of carbonyl (C=O) groups excluding carboxylic acids is 1. The van der Waals surface area contributed by atoms with Crippen molar-refractivity contribution in [2.45, 2.75) is 6.92 Å². The second-order valence-corrected chi connectivity index (χ2v) is 2.98. The molecule has 0 radical (unpaired) electrons. The Bertz CT molecular complexity index is 216. The number of thiophene rings is 1. The first-order valence-corrected chi connectivity index (χ1v) is 3.96. The van der Waals surface area contributed by atoms with E-state index in [0.29, 0.717) is 0 Å². The summed E-state index contributed by atoms with van der Waals surface area (Å²) in [6.07, 6.45) is 1.06. The average molecular weight is 169 g/mol. The smallest absolute Gasteiger partial charge is 0.240 e. The summed E-state index contributed by atoms with van der Waals surface area (Å²) >= 11 is 1.78. The van der Waals surface area contributed by atoms with Gasteiger partial charge in [-0.15, -0.1) is 11.3 Å². The van der Waals surface area contributed by atoms with Gasteiger partial charge in [-0.25, -0.2) is 0 Å². The monoisotopic (exact) mass is 169 g/mol. The van der Waals surface area contributed by atoms with Gasteiger partial charge in [0.15, 0.2) is 0 Å². The van der Waals surface area contributed by atoms with Gasteiger partial charge in [-0.3, -0.25) is 4.79 Å². The zero-order valence-corrected chi connectivity index (χ0v) is 7.23. The van der Waals surface area contributed by atoms with Crippen molar-refractivity contribution in [3.05, 3.63) is 35.0 Å². The maximum Gasteiger partial charge on any atom is 0.240 e. The molecule has 0 fully saturated rings. The van der Waals surface area contributed by atoms with Gasteiger partial charge in [0.05, 0.1) is 0 Å². The van der Waals surface area contributed by atoms with Gasteiger partial charge >= 0.3 is 0 Å². The van der Waals surface area contributed by atoms with Crippen molar-refractivity contribution in [1.29, 1.82) is 0 Å². The first-order valence-electron chi connectivity index (χ1n) is 3.08. The minimum absolute atomic E-state index is 0.481. The predicted octanol–water partition coefficient (Wildman–Crippen LogP) is 1.71. The number of aryl methyl sites for hydroxylation is 1. The van der Waals surface area contributed by atoms with E-state index in [1.165, 1.54) is 4.88 Å². The van der Waals surface area contributed by atoms with E-state index in [-0.39, 0.29) is 0 Å². The van der Waals surface area contributed by atoms with E-state index < -0.39 is 5.91 Å². The van der Waals surface area contributed by atoms with E-state index in [1.807, 2.05) is 0 Å². The highest BCUT2D eigenvalue weighted by molar-refractivity contribution is 7.09. The molecule has 2 nitrogen and oxygen atoms in total. The minimum atomic E-state index is -0.481. The Hall–Kier alpha value is -1.09. The van der Waals surface area contributed by atoms with Gasteiger partial charge in [-0.1, -0.05) is 12.6 Å².